The lowest BCUT2D eigenvalue weighted by Gasteiger charge is -2.31. The number of rotatable bonds is 3. The molecule has 1 heterocycles. The average molecular weight is 285 g/mol. The van der Waals surface area contributed by atoms with Crippen molar-refractivity contribution in [2.75, 3.05) is 16.8 Å². The summed E-state index contributed by atoms with van der Waals surface area (Å²) in [4.78, 5) is 13.7. The maximum atomic E-state index is 13.5. The molecule has 0 bridgehead atoms. The van der Waals surface area contributed by atoms with Crippen molar-refractivity contribution in [3.05, 3.63) is 59.4 Å². The number of nitrogens with zero attached hydrogens (tertiary/aromatic N) is 1. The molecular formula is C16H16FN3O. The van der Waals surface area contributed by atoms with Gasteiger partial charge in [-0.15, -0.1) is 0 Å². The topological polar surface area (TPSA) is 58.4 Å². The molecule has 108 valence electrons. The van der Waals surface area contributed by atoms with Crippen LogP contribution in [0.15, 0.2) is 42.5 Å². The van der Waals surface area contributed by atoms with E-state index in [1.54, 1.807) is 6.07 Å². The number of carbonyl (C=O) groups excluding carboxylic acids is 1. The summed E-state index contributed by atoms with van der Waals surface area (Å²) < 4.78 is 13.5. The van der Waals surface area contributed by atoms with Crippen molar-refractivity contribution in [2.24, 2.45) is 5.73 Å². The number of hydrogen-bond acceptors (Lipinski definition) is 3. The second-order valence-corrected chi connectivity index (χ2v) is 5.04. The van der Waals surface area contributed by atoms with Gasteiger partial charge in [0.1, 0.15) is 5.82 Å². The summed E-state index contributed by atoms with van der Waals surface area (Å²) in [5.74, 6) is -0.364. The quantitative estimate of drug-likeness (QED) is 0.909. The number of benzene rings is 2. The predicted molar refractivity (Wildman–Crippen MR) is 80.4 cm³/mol. The van der Waals surface area contributed by atoms with Crippen molar-refractivity contribution in [1.29, 1.82) is 0 Å². The van der Waals surface area contributed by atoms with E-state index in [1.807, 2.05) is 29.2 Å². The van der Waals surface area contributed by atoms with E-state index in [1.165, 1.54) is 12.1 Å². The average Bonchev–Trinajstić information content (AvgIpc) is 2.47. The van der Waals surface area contributed by atoms with Crippen LogP contribution >= 0.6 is 0 Å². The van der Waals surface area contributed by atoms with Gasteiger partial charge in [0.2, 0.25) is 5.91 Å². The Labute approximate surface area is 122 Å². The summed E-state index contributed by atoms with van der Waals surface area (Å²) in [6, 6.07) is 12.2. The van der Waals surface area contributed by atoms with Gasteiger partial charge in [-0.25, -0.2) is 4.39 Å². The SMILES string of the molecule is NCc1ccc(F)cc1CN1CC(=O)Nc2ccccc21. The minimum Gasteiger partial charge on any atom is -0.356 e. The Morgan fingerprint density at radius 3 is 2.81 bits per heavy atom. The molecule has 0 aromatic heterocycles. The van der Waals surface area contributed by atoms with Crippen molar-refractivity contribution in [3.63, 3.8) is 0 Å². The van der Waals surface area contributed by atoms with E-state index >= 15 is 0 Å². The van der Waals surface area contributed by atoms with Gasteiger partial charge in [-0.05, 0) is 35.4 Å². The highest BCUT2D eigenvalue weighted by Gasteiger charge is 2.22. The molecule has 21 heavy (non-hydrogen) atoms. The number of nitrogens with two attached hydrogens (primary N) is 1. The van der Waals surface area contributed by atoms with Gasteiger partial charge in [0.15, 0.2) is 0 Å². The standard InChI is InChI=1S/C16H16FN3O/c17-13-6-5-11(8-18)12(7-13)9-20-10-16(21)19-14-3-1-2-4-15(14)20/h1-7H,8-10,18H2,(H,19,21). The van der Waals surface area contributed by atoms with Crippen LogP contribution in [0.4, 0.5) is 15.8 Å². The highest BCUT2D eigenvalue weighted by molar-refractivity contribution is 6.01. The minimum absolute atomic E-state index is 0.0700. The smallest absolute Gasteiger partial charge is 0.243 e. The zero-order chi connectivity index (χ0) is 14.8. The Morgan fingerprint density at radius 1 is 1.19 bits per heavy atom. The second kappa shape index (κ2) is 5.54. The highest BCUT2D eigenvalue weighted by Crippen LogP contribution is 2.30. The van der Waals surface area contributed by atoms with Crippen molar-refractivity contribution in [2.45, 2.75) is 13.1 Å². The molecule has 5 heteroatoms. The summed E-state index contributed by atoms with van der Waals surface area (Å²) in [6.45, 7) is 1.05. The molecule has 0 aliphatic carbocycles. The largest absolute Gasteiger partial charge is 0.356 e. The first-order chi connectivity index (χ1) is 10.2. The molecule has 3 N–H and O–H groups in total. The van der Waals surface area contributed by atoms with Gasteiger partial charge in [-0.1, -0.05) is 18.2 Å². The van der Waals surface area contributed by atoms with E-state index in [2.05, 4.69) is 5.32 Å². The lowest BCUT2D eigenvalue weighted by atomic mass is 10.1. The minimum atomic E-state index is -0.294. The van der Waals surface area contributed by atoms with Crippen molar-refractivity contribution in [3.8, 4) is 0 Å². The third-order valence-electron chi connectivity index (χ3n) is 3.60. The van der Waals surface area contributed by atoms with Gasteiger partial charge in [-0.2, -0.15) is 0 Å². The Morgan fingerprint density at radius 2 is 2.00 bits per heavy atom. The Bertz CT molecular complexity index is 687. The first-order valence-corrected chi connectivity index (χ1v) is 6.78. The molecule has 1 amide bonds. The zero-order valence-corrected chi connectivity index (χ0v) is 11.5. The predicted octanol–water partition coefficient (Wildman–Crippen LogP) is 2.24. The van der Waals surface area contributed by atoms with Gasteiger partial charge >= 0.3 is 0 Å². The van der Waals surface area contributed by atoms with Gasteiger partial charge in [0.05, 0.1) is 17.9 Å². The van der Waals surface area contributed by atoms with Crippen LogP contribution in [-0.4, -0.2) is 12.5 Å². The molecule has 0 atom stereocenters. The highest BCUT2D eigenvalue weighted by atomic mass is 19.1. The van der Waals surface area contributed by atoms with E-state index in [0.717, 1.165) is 22.5 Å². The maximum absolute atomic E-state index is 13.5. The number of para-hydroxylation sites is 2. The Balaban J connectivity index is 1.95. The van der Waals surface area contributed by atoms with Gasteiger partial charge in [-0.3, -0.25) is 4.79 Å². The number of carbonyl (C=O) groups is 1. The maximum Gasteiger partial charge on any atom is 0.243 e. The van der Waals surface area contributed by atoms with E-state index in [-0.39, 0.29) is 18.3 Å². The molecule has 2 aromatic rings. The molecule has 2 aromatic carbocycles. The molecule has 0 saturated carbocycles. The fourth-order valence-corrected chi connectivity index (χ4v) is 2.59. The molecule has 0 fully saturated rings. The summed E-state index contributed by atoms with van der Waals surface area (Å²) in [5.41, 5.74) is 9.12. The van der Waals surface area contributed by atoms with Gasteiger partial charge < -0.3 is 16.0 Å². The number of halogens is 1. The van der Waals surface area contributed by atoms with Gasteiger partial charge in [0, 0.05) is 13.1 Å². The molecule has 4 nitrogen and oxygen atoms in total. The summed E-state index contributed by atoms with van der Waals surface area (Å²) in [7, 11) is 0. The fraction of sp³-hybridized carbons (Fsp3) is 0.188. The summed E-state index contributed by atoms with van der Waals surface area (Å²) >= 11 is 0. The normalized spacial score (nSPS) is 13.8. The molecule has 1 aliphatic heterocycles. The Kier molecular flexibility index (Phi) is 3.58. The summed E-state index contributed by atoms with van der Waals surface area (Å²) in [6.07, 6.45) is 0. The van der Waals surface area contributed by atoms with E-state index in [9.17, 15) is 9.18 Å². The third-order valence-corrected chi connectivity index (χ3v) is 3.60. The number of hydrogen-bond donors (Lipinski definition) is 2. The van der Waals surface area contributed by atoms with Crippen molar-refractivity contribution >= 4 is 17.3 Å². The molecule has 0 radical (unpaired) electrons. The zero-order valence-electron chi connectivity index (χ0n) is 11.5. The lowest BCUT2D eigenvalue weighted by Crippen LogP contribution is -2.38. The first kappa shape index (κ1) is 13.6. The Hall–Kier alpha value is -2.40. The molecule has 3 rings (SSSR count). The lowest BCUT2D eigenvalue weighted by molar-refractivity contribution is -0.115. The molecular weight excluding hydrogens is 269 g/mol. The van der Waals surface area contributed by atoms with Gasteiger partial charge in [0.25, 0.3) is 0 Å². The number of anilines is 2. The van der Waals surface area contributed by atoms with Crippen LogP contribution in [0.2, 0.25) is 0 Å². The van der Waals surface area contributed by atoms with Crippen LogP contribution in [0.25, 0.3) is 0 Å². The second-order valence-electron chi connectivity index (χ2n) is 5.04. The van der Waals surface area contributed by atoms with Crippen LogP contribution in [-0.2, 0) is 17.9 Å². The van der Waals surface area contributed by atoms with E-state index in [4.69, 9.17) is 5.73 Å². The third kappa shape index (κ3) is 2.73. The number of amides is 1. The number of fused-ring (bicyclic) bond motifs is 1. The molecule has 0 unspecified atom stereocenters. The van der Waals surface area contributed by atoms with Crippen LogP contribution in [0.3, 0.4) is 0 Å². The van der Waals surface area contributed by atoms with Crippen LogP contribution in [0.1, 0.15) is 11.1 Å². The summed E-state index contributed by atoms with van der Waals surface area (Å²) in [5, 5.41) is 2.84. The number of nitrogens with one attached hydrogen (secondary N) is 1. The van der Waals surface area contributed by atoms with Crippen LogP contribution in [0.5, 0.6) is 0 Å². The monoisotopic (exact) mass is 285 g/mol. The van der Waals surface area contributed by atoms with Crippen LogP contribution < -0.4 is 16.0 Å². The molecule has 0 spiro atoms. The molecule has 0 saturated heterocycles. The fourth-order valence-electron chi connectivity index (χ4n) is 2.59. The van der Waals surface area contributed by atoms with Crippen LogP contribution in [0, 0.1) is 5.82 Å². The first-order valence-electron chi connectivity index (χ1n) is 6.78. The van der Waals surface area contributed by atoms with Crippen molar-refractivity contribution < 1.29 is 9.18 Å². The van der Waals surface area contributed by atoms with Crippen molar-refractivity contribution in [1.82, 2.24) is 0 Å². The van der Waals surface area contributed by atoms with E-state index < -0.39 is 0 Å². The molecule has 1 aliphatic rings. The van der Waals surface area contributed by atoms with E-state index in [0.29, 0.717) is 13.1 Å².